The molecule has 0 N–H and O–H groups in total. The Balaban J connectivity index is 1.91. The maximum atomic E-state index is 12.0. The molecule has 0 unspecified atom stereocenters. The first kappa shape index (κ1) is 17.0. The second kappa shape index (κ2) is 6.55. The van der Waals surface area contributed by atoms with Gasteiger partial charge in [-0.2, -0.15) is 4.31 Å². The van der Waals surface area contributed by atoms with E-state index in [-0.39, 0.29) is 5.75 Å². The molecule has 8 heteroatoms. The molecule has 1 fully saturated rings. The lowest BCUT2D eigenvalue weighted by Gasteiger charge is -2.35. The number of benzene rings is 1. The topological polar surface area (TPSA) is 53.5 Å². The molecule has 1 aliphatic rings. The van der Waals surface area contributed by atoms with Gasteiger partial charge in [0.25, 0.3) is 0 Å². The van der Waals surface area contributed by atoms with Crippen LogP contribution in [0.2, 0.25) is 5.02 Å². The predicted molar refractivity (Wildman–Crippen MR) is 97.7 cm³/mol. The average Bonchev–Trinajstić information content (AvgIpc) is 2.54. The molecular weight excluding hydrogens is 402 g/mol. The van der Waals surface area contributed by atoms with E-state index in [1.807, 2.05) is 18.2 Å². The third-order valence-corrected chi connectivity index (χ3v) is 6.71. The smallest absolute Gasteiger partial charge is 0.213 e. The lowest BCUT2D eigenvalue weighted by atomic mass is 10.1. The van der Waals surface area contributed by atoms with Gasteiger partial charge in [0.05, 0.1) is 16.3 Å². The number of hydrogen-bond donors (Lipinski definition) is 0. The third-order valence-electron chi connectivity index (χ3n) is 4.08. The van der Waals surface area contributed by atoms with Crippen molar-refractivity contribution in [3.05, 3.63) is 33.9 Å². The fraction of sp³-hybridized carbons (Fsp3) is 0.400. The minimum atomic E-state index is -3.12. The molecule has 23 heavy (non-hydrogen) atoms. The van der Waals surface area contributed by atoms with Gasteiger partial charge >= 0.3 is 0 Å². The lowest BCUT2D eigenvalue weighted by Crippen LogP contribution is -2.49. The molecule has 0 amide bonds. The standard InChI is InChI=1S/C15H17BrClN3O2S/c1-2-23(21,22)20-7-5-19(6-8-20)14-3-4-18-15-12(14)9-11(16)10-13(15)17/h3-4,9-10H,2,5-8H2,1H3. The highest BCUT2D eigenvalue weighted by Gasteiger charge is 2.26. The van der Waals surface area contributed by atoms with Gasteiger partial charge in [0.2, 0.25) is 10.0 Å². The summed E-state index contributed by atoms with van der Waals surface area (Å²) in [6.07, 6.45) is 1.74. The van der Waals surface area contributed by atoms with E-state index < -0.39 is 10.0 Å². The highest BCUT2D eigenvalue weighted by Crippen LogP contribution is 2.33. The maximum absolute atomic E-state index is 12.0. The molecule has 2 aromatic rings. The maximum Gasteiger partial charge on any atom is 0.213 e. The van der Waals surface area contributed by atoms with Crippen molar-refractivity contribution in [3.8, 4) is 0 Å². The number of halogens is 2. The molecule has 0 radical (unpaired) electrons. The molecule has 0 spiro atoms. The van der Waals surface area contributed by atoms with Gasteiger partial charge < -0.3 is 4.90 Å². The Bertz CT molecular complexity index is 836. The second-order valence-electron chi connectivity index (χ2n) is 5.40. The Kier molecular flexibility index (Phi) is 4.83. The van der Waals surface area contributed by atoms with Gasteiger partial charge in [-0.25, -0.2) is 8.42 Å². The number of fused-ring (bicyclic) bond motifs is 1. The number of rotatable bonds is 3. The van der Waals surface area contributed by atoms with Gasteiger partial charge in [0.1, 0.15) is 0 Å². The van der Waals surface area contributed by atoms with Gasteiger partial charge in [-0.1, -0.05) is 27.5 Å². The molecule has 1 aromatic heterocycles. The minimum Gasteiger partial charge on any atom is -0.368 e. The van der Waals surface area contributed by atoms with Gasteiger partial charge in [0, 0.05) is 47.9 Å². The molecule has 2 heterocycles. The Hall–Kier alpha value is -0.890. The molecule has 1 saturated heterocycles. The SMILES string of the molecule is CCS(=O)(=O)N1CCN(c2ccnc3c(Cl)cc(Br)cc23)CC1. The van der Waals surface area contributed by atoms with Crippen LogP contribution in [0, 0.1) is 0 Å². The van der Waals surface area contributed by atoms with Crippen molar-refractivity contribution in [2.75, 3.05) is 36.8 Å². The van der Waals surface area contributed by atoms with Crippen LogP contribution in [0.25, 0.3) is 10.9 Å². The van der Waals surface area contributed by atoms with Gasteiger partial charge in [-0.15, -0.1) is 0 Å². The van der Waals surface area contributed by atoms with Crippen LogP contribution < -0.4 is 4.90 Å². The number of nitrogens with zero attached hydrogens (tertiary/aromatic N) is 3. The van der Waals surface area contributed by atoms with Crippen LogP contribution in [0.4, 0.5) is 5.69 Å². The molecule has 124 valence electrons. The minimum absolute atomic E-state index is 0.147. The van der Waals surface area contributed by atoms with E-state index in [1.165, 1.54) is 0 Å². The van der Waals surface area contributed by atoms with E-state index in [9.17, 15) is 8.42 Å². The molecular formula is C15H17BrClN3O2S. The summed E-state index contributed by atoms with van der Waals surface area (Å²) < 4.78 is 26.4. The summed E-state index contributed by atoms with van der Waals surface area (Å²) in [6.45, 7) is 3.99. The van der Waals surface area contributed by atoms with Crippen LogP contribution in [0.15, 0.2) is 28.9 Å². The van der Waals surface area contributed by atoms with Gasteiger partial charge in [-0.3, -0.25) is 4.98 Å². The summed E-state index contributed by atoms with van der Waals surface area (Å²) in [5, 5.41) is 1.57. The Morgan fingerprint density at radius 2 is 1.96 bits per heavy atom. The van der Waals surface area contributed by atoms with Crippen molar-refractivity contribution in [3.63, 3.8) is 0 Å². The first-order valence-corrected chi connectivity index (χ1v) is 10.2. The van der Waals surface area contributed by atoms with Crippen LogP contribution in [-0.2, 0) is 10.0 Å². The van der Waals surface area contributed by atoms with Crippen molar-refractivity contribution in [1.82, 2.24) is 9.29 Å². The monoisotopic (exact) mass is 417 g/mol. The van der Waals surface area contributed by atoms with E-state index in [0.29, 0.717) is 31.2 Å². The summed E-state index contributed by atoms with van der Waals surface area (Å²) in [5.41, 5.74) is 1.79. The van der Waals surface area contributed by atoms with E-state index in [4.69, 9.17) is 11.6 Å². The van der Waals surface area contributed by atoms with E-state index in [0.717, 1.165) is 21.1 Å². The molecule has 1 aliphatic heterocycles. The molecule has 3 rings (SSSR count). The van der Waals surface area contributed by atoms with Crippen molar-refractivity contribution >= 4 is 54.1 Å². The molecule has 0 saturated carbocycles. The zero-order valence-corrected chi connectivity index (χ0v) is 15.8. The van der Waals surface area contributed by atoms with E-state index >= 15 is 0 Å². The van der Waals surface area contributed by atoms with E-state index in [1.54, 1.807) is 17.4 Å². The Morgan fingerprint density at radius 1 is 1.26 bits per heavy atom. The second-order valence-corrected chi connectivity index (χ2v) is 8.98. The number of piperazine rings is 1. The highest BCUT2D eigenvalue weighted by molar-refractivity contribution is 9.10. The largest absolute Gasteiger partial charge is 0.368 e. The first-order valence-electron chi connectivity index (χ1n) is 7.39. The van der Waals surface area contributed by atoms with E-state index in [2.05, 4.69) is 25.8 Å². The Morgan fingerprint density at radius 3 is 2.61 bits per heavy atom. The summed E-state index contributed by atoms with van der Waals surface area (Å²) in [6, 6.07) is 5.78. The lowest BCUT2D eigenvalue weighted by molar-refractivity contribution is 0.386. The molecule has 5 nitrogen and oxygen atoms in total. The number of hydrogen-bond acceptors (Lipinski definition) is 4. The van der Waals surface area contributed by atoms with Crippen LogP contribution in [-0.4, -0.2) is 49.6 Å². The fourth-order valence-corrected chi connectivity index (χ4v) is 4.77. The van der Waals surface area contributed by atoms with Gasteiger partial charge in [0.15, 0.2) is 0 Å². The number of aromatic nitrogens is 1. The summed E-state index contributed by atoms with van der Waals surface area (Å²) in [4.78, 5) is 6.55. The predicted octanol–water partition coefficient (Wildman–Crippen LogP) is 3.12. The van der Waals surface area contributed by atoms with Crippen LogP contribution in [0.5, 0.6) is 0 Å². The van der Waals surface area contributed by atoms with Crippen LogP contribution >= 0.6 is 27.5 Å². The van der Waals surface area contributed by atoms with Crippen LogP contribution in [0.3, 0.4) is 0 Å². The first-order chi connectivity index (χ1) is 10.9. The number of anilines is 1. The van der Waals surface area contributed by atoms with Crippen molar-refractivity contribution in [2.24, 2.45) is 0 Å². The molecule has 0 bridgehead atoms. The summed E-state index contributed by atoms with van der Waals surface area (Å²) >= 11 is 9.74. The van der Waals surface area contributed by atoms with Crippen molar-refractivity contribution in [2.45, 2.75) is 6.92 Å². The number of sulfonamides is 1. The van der Waals surface area contributed by atoms with Crippen LogP contribution in [0.1, 0.15) is 6.92 Å². The zero-order chi connectivity index (χ0) is 16.6. The third kappa shape index (κ3) is 3.33. The normalized spacial score (nSPS) is 16.9. The quantitative estimate of drug-likeness (QED) is 0.768. The fourth-order valence-electron chi connectivity index (χ4n) is 2.83. The molecule has 1 aromatic carbocycles. The number of pyridine rings is 1. The molecule has 0 aliphatic carbocycles. The summed E-state index contributed by atoms with van der Waals surface area (Å²) in [5.74, 6) is 0.147. The van der Waals surface area contributed by atoms with Gasteiger partial charge in [-0.05, 0) is 25.1 Å². The van der Waals surface area contributed by atoms with Crippen molar-refractivity contribution in [1.29, 1.82) is 0 Å². The highest BCUT2D eigenvalue weighted by atomic mass is 79.9. The Labute approximate surface area is 149 Å². The average molecular weight is 419 g/mol. The summed E-state index contributed by atoms with van der Waals surface area (Å²) in [7, 11) is -3.12. The van der Waals surface area contributed by atoms with Crippen molar-refractivity contribution < 1.29 is 8.42 Å². The molecule has 0 atom stereocenters. The zero-order valence-electron chi connectivity index (χ0n) is 12.7.